The Morgan fingerprint density at radius 1 is 1.00 bits per heavy atom. The third-order valence-corrected chi connectivity index (χ3v) is 5.35. The molecule has 0 bridgehead atoms. The van der Waals surface area contributed by atoms with Crippen molar-refractivity contribution in [3.05, 3.63) is 95.8 Å². The third kappa shape index (κ3) is 3.85. The van der Waals surface area contributed by atoms with E-state index in [0.29, 0.717) is 13.2 Å². The lowest BCUT2D eigenvalue weighted by Crippen LogP contribution is -2.52. The molecule has 3 aromatic carbocycles. The zero-order valence-corrected chi connectivity index (χ0v) is 15.6. The van der Waals surface area contributed by atoms with Crippen LogP contribution in [0.4, 0.5) is 4.39 Å². The van der Waals surface area contributed by atoms with Crippen LogP contribution < -0.4 is 5.32 Å². The van der Waals surface area contributed by atoms with E-state index in [0.717, 1.165) is 28.8 Å². The van der Waals surface area contributed by atoms with E-state index in [9.17, 15) is 9.50 Å². The van der Waals surface area contributed by atoms with Crippen molar-refractivity contribution in [2.45, 2.75) is 18.1 Å². The monoisotopic (exact) mass is 377 g/mol. The molecule has 0 saturated carbocycles. The first-order valence-electron chi connectivity index (χ1n) is 9.61. The molecule has 3 nitrogen and oxygen atoms in total. The second-order valence-corrected chi connectivity index (χ2v) is 7.20. The number of aliphatic hydroxyl groups is 1. The number of halogens is 1. The minimum atomic E-state index is -1.27. The lowest BCUT2D eigenvalue weighted by Gasteiger charge is -2.39. The predicted octanol–water partition coefficient (Wildman–Crippen LogP) is 3.91. The lowest BCUT2D eigenvalue weighted by atomic mass is 9.80. The van der Waals surface area contributed by atoms with Crippen LogP contribution in [0.3, 0.4) is 0 Å². The van der Waals surface area contributed by atoms with Gasteiger partial charge in [0.25, 0.3) is 0 Å². The van der Waals surface area contributed by atoms with Crippen molar-refractivity contribution >= 4 is 0 Å². The highest BCUT2D eigenvalue weighted by molar-refractivity contribution is 5.67. The molecule has 0 radical (unpaired) electrons. The molecular formula is C24H24FNO2. The first kappa shape index (κ1) is 18.8. The second-order valence-electron chi connectivity index (χ2n) is 7.20. The van der Waals surface area contributed by atoms with Gasteiger partial charge in [0.05, 0.1) is 6.61 Å². The highest BCUT2D eigenvalue weighted by atomic mass is 19.1. The number of hydrogen-bond acceptors (Lipinski definition) is 3. The molecule has 1 unspecified atom stereocenters. The summed E-state index contributed by atoms with van der Waals surface area (Å²) < 4.78 is 20.1. The number of morpholine rings is 1. The van der Waals surface area contributed by atoms with E-state index in [1.807, 2.05) is 60.7 Å². The Morgan fingerprint density at radius 2 is 1.71 bits per heavy atom. The van der Waals surface area contributed by atoms with Gasteiger partial charge >= 0.3 is 0 Å². The third-order valence-electron chi connectivity index (χ3n) is 5.35. The Morgan fingerprint density at radius 3 is 2.39 bits per heavy atom. The molecule has 1 fully saturated rings. The molecular weight excluding hydrogens is 353 g/mol. The SMILES string of the molecule is O[C@](Cc1cc(F)ccc1-c1ccccc1)(c1ccccc1)C1CNCCO1. The first-order valence-corrected chi connectivity index (χ1v) is 9.61. The lowest BCUT2D eigenvalue weighted by molar-refractivity contribution is -0.124. The molecule has 2 atom stereocenters. The predicted molar refractivity (Wildman–Crippen MR) is 108 cm³/mol. The van der Waals surface area contributed by atoms with Crippen LogP contribution in [-0.4, -0.2) is 30.9 Å². The van der Waals surface area contributed by atoms with Gasteiger partial charge in [-0.2, -0.15) is 0 Å². The smallest absolute Gasteiger partial charge is 0.123 e. The summed E-state index contributed by atoms with van der Waals surface area (Å²) in [5.74, 6) is -0.312. The molecule has 1 saturated heterocycles. The molecule has 0 spiro atoms. The topological polar surface area (TPSA) is 41.5 Å². The highest BCUT2D eigenvalue weighted by Gasteiger charge is 2.41. The molecule has 1 aliphatic rings. The Kier molecular flexibility index (Phi) is 5.53. The van der Waals surface area contributed by atoms with Gasteiger partial charge < -0.3 is 15.2 Å². The standard InChI is InChI=1S/C24H24FNO2/c25-21-11-12-22(18-7-3-1-4-8-18)19(15-21)16-24(27,20-9-5-2-6-10-20)23-17-26-13-14-28-23/h1-12,15,23,26-27H,13-14,16-17H2/t23?,24-/m1/s1. The van der Waals surface area contributed by atoms with E-state index in [2.05, 4.69) is 5.32 Å². The van der Waals surface area contributed by atoms with Crippen molar-refractivity contribution < 1.29 is 14.2 Å². The van der Waals surface area contributed by atoms with Crippen LogP contribution in [0.15, 0.2) is 78.9 Å². The van der Waals surface area contributed by atoms with Gasteiger partial charge in [-0.3, -0.25) is 0 Å². The fourth-order valence-electron chi connectivity index (χ4n) is 3.90. The highest BCUT2D eigenvalue weighted by Crippen LogP contribution is 2.35. The maximum absolute atomic E-state index is 14.2. The van der Waals surface area contributed by atoms with E-state index < -0.39 is 11.7 Å². The molecule has 0 aromatic heterocycles. The van der Waals surface area contributed by atoms with Gasteiger partial charge in [-0.05, 0) is 34.4 Å². The molecule has 0 aliphatic carbocycles. The van der Waals surface area contributed by atoms with Gasteiger partial charge in [0.15, 0.2) is 0 Å². The molecule has 4 heteroatoms. The summed E-state index contributed by atoms with van der Waals surface area (Å²) in [6.45, 7) is 1.84. The summed E-state index contributed by atoms with van der Waals surface area (Å²) >= 11 is 0. The molecule has 3 aromatic rings. The minimum absolute atomic E-state index is 0.255. The quantitative estimate of drug-likeness (QED) is 0.708. The largest absolute Gasteiger partial charge is 0.382 e. The fraction of sp³-hybridized carbons (Fsp3) is 0.250. The molecule has 28 heavy (non-hydrogen) atoms. The first-order chi connectivity index (χ1) is 13.7. The summed E-state index contributed by atoms with van der Waals surface area (Å²) in [6.07, 6.45) is -0.165. The maximum atomic E-state index is 14.2. The molecule has 0 amide bonds. The van der Waals surface area contributed by atoms with E-state index in [1.54, 1.807) is 6.07 Å². The van der Waals surface area contributed by atoms with Crippen molar-refractivity contribution in [1.82, 2.24) is 5.32 Å². The van der Waals surface area contributed by atoms with E-state index in [4.69, 9.17) is 4.74 Å². The van der Waals surface area contributed by atoms with Crippen molar-refractivity contribution in [2.24, 2.45) is 0 Å². The van der Waals surface area contributed by atoms with E-state index in [1.165, 1.54) is 12.1 Å². The van der Waals surface area contributed by atoms with Crippen LogP contribution in [0.2, 0.25) is 0 Å². The van der Waals surface area contributed by atoms with Crippen LogP contribution in [-0.2, 0) is 16.8 Å². The minimum Gasteiger partial charge on any atom is -0.382 e. The molecule has 1 aliphatic heterocycles. The van der Waals surface area contributed by atoms with Crippen LogP contribution in [0, 0.1) is 5.82 Å². The van der Waals surface area contributed by atoms with Crippen molar-refractivity contribution in [1.29, 1.82) is 0 Å². The Hall–Kier alpha value is -2.53. The fourth-order valence-corrected chi connectivity index (χ4v) is 3.90. The number of rotatable bonds is 5. The van der Waals surface area contributed by atoms with E-state index in [-0.39, 0.29) is 12.2 Å². The van der Waals surface area contributed by atoms with Crippen molar-refractivity contribution in [3.8, 4) is 11.1 Å². The number of ether oxygens (including phenoxy) is 1. The zero-order valence-electron chi connectivity index (χ0n) is 15.6. The van der Waals surface area contributed by atoms with E-state index >= 15 is 0 Å². The number of benzene rings is 3. The normalized spacial score (nSPS) is 19.1. The Labute approximate surface area is 164 Å². The summed E-state index contributed by atoms with van der Waals surface area (Å²) in [4.78, 5) is 0. The second kappa shape index (κ2) is 8.23. The van der Waals surface area contributed by atoms with Crippen molar-refractivity contribution in [3.63, 3.8) is 0 Å². The molecule has 1 heterocycles. The van der Waals surface area contributed by atoms with Gasteiger partial charge in [0, 0.05) is 19.5 Å². The Bertz CT molecular complexity index is 910. The average molecular weight is 377 g/mol. The van der Waals surface area contributed by atoms with Crippen molar-refractivity contribution in [2.75, 3.05) is 19.7 Å². The van der Waals surface area contributed by atoms with Gasteiger partial charge in [-0.15, -0.1) is 0 Å². The zero-order chi connectivity index (χ0) is 19.4. The summed E-state index contributed by atoms with van der Waals surface area (Å²) in [6, 6.07) is 24.2. The maximum Gasteiger partial charge on any atom is 0.123 e. The van der Waals surface area contributed by atoms with Crippen LogP contribution in [0.25, 0.3) is 11.1 Å². The van der Waals surface area contributed by atoms with Crippen LogP contribution >= 0.6 is 0 Å². The van der Waals surface area contributed by atoms with Gasteiger partial charge in [0.2, 0.25) is 0 Å². The van der Waals surface area contributed by atoms with Crippen LogP contribution in [0.5, 0.6) is 0 Å². The average Bonchev–Trinajstić information content (AvgIpc) is 2.76. The molecule has 4 rings (SSSR count). The Balaban J connectivity index is 1.78. The van der Waals surface area contributed by atoms with Gasteiger partial charge in [0.1, 0.15) is 17.5 Å². The molecule has 2 N–H and O–H groups in total. The summed E-state index contributed by atoms with van der Waals surface area (Å²) in [5.41, 5.74) is 2.17. The van der Waals surface area contributed by atoms with Gasteiger partial charge in [-0.1, -0.05) is 66.7 Å². The summed E-state index contributed by atoms with van der Waals surface area (Å²) in [7, 11) is 0. The van der Waals surface area contributed by atoms with Gasteiger partial charge in [-0.25, -0.2) is 4.39 Å². The van der Waals surface area contributed by atoms with Crippen LogP contribution in [0.1, 0.15) is 11.1 Å². The number of nitrogens with one attached hydrogen (secondary N) is 1. The molecule has 144 valence electrons. The number of hydrogen-bond donors (Lipinski definition) is 2. The summed E-state index contributed by atoms with van der Waals surface area (Å²) in [5, 5.41) is 15.1.